The number of para-hydroxylation sites is 1. The minimum Gasteiger partial charge on any atom is -0.369 e. The Hall–Kier alpha value is -2.88. The number of fused-ring (bicyclic) bond motifs is 1. The van der Waals surface area contributed by atoms with E-state index in [0.29, 0.717) is 44.1 Å². The maximum atomic E-state index is 12.9. The number of nitrogens with zero attached hydrogens (tertiary/aromatic N) is 3. The van der Waals surface area contributed by atoms with Crippen LogP contribution in [0.5, 0.6) is 0 Å². The van der Waals surface area contributed by atoms with Crippen LogP contribution in [0.15, 0.2) is 48.5 Å². The fourth-order valence-corrected chi connectivity index (χ4v) is 6.01. The number of H-pyrrole nitrogens is 1. The van der Waals surface area contributed by atoms with Crippen molar-refractivity contribution < 1.29 is 13.2 Å². The van der Waals surface area contributed by atoms with Gasteiger partial charge in [-0.3, -0.25) is 4.79 Å². The van der Waals surface area contributed by atoms with Crippen molar-refractivity contribution in [1.82, 2.24) is 14.2 Å². The van der Waals surface area contributed by atoms with Crippen LogP contribution in [0.3, 0.4) is 0 Å². The third-order valence-electron chi connectivity index (χ3n) is 6.77. The molecule has 0 bridgehead atoms. The molecule has 3 aromatic rings. The highest BCUT2D eigenvalue weighted by molar-refractivity contribution is 7.89. The highest BCUT2D eigenvalue weighted by Crippen LogP contribution is 2.23. The van der Waals surface area contributed by atoms with E-state index in [1.165, 1.54) is 0 Å². The third-order valence-corrected chi connectivity index (χ3v) is 8.62. The lowest BCUT2D eigenvalue weighted by Gasteiger charge is -2.35. The Morgan fingerprint density at radius 3 is 2.43 bits per heavy atom. The molecule has 1 amide bonds. The predicted octanol–water partition coefficient (Wildman–Crippen LogP) is 3.52. The van der Waals surface area contributed by atoms with Crippen LogP contribution in [0.4, 0.5) is 11.4 Å². The fraction of sp³-hybridized carbons (Fsp3) is 0.423. The number of nitrogens with one attached hydrogen (secondary N) is 2. The molecule has 0 spiro atoms. The number of benzene rings is 2. The van der Waals surface area contributed by atoms with E-state index in [1.54, 1.807) is 4.31 Å². The summed E-state index contributed by atoms with van der Waals surface area (Å²) >= 11 is 0. The number of amides is 1. The van der Waals surface area contributed by atoms with Crippen LogP contribution < -0.4 is 10.2 Å². The van der Waals surface area contributed by atoms with Gasteiger partial charge in [0.2, 0.25) is 10.0 Å². The van der Waals surface area contributed by atoms with E-state index in [0.717, 1.165) is 35.2 Å². The van der Waals surface area contributed by atoms with Gasteiger partial charge in [-0.05, 0) is 49.8 Å². The summed E-state index contributed by atoms with van der Waals surface area (Å²) in [6.45, 7) is 10.5. The van der Waals surface area contributed by atoms with Gasteiger partial charge in [0.05, 0.1) is 5.75 Å². The first-order valence-electron chi connectivity index (χ1n) is 12.3. The molecule has 188 valence electrons. The molecule has 0 unspecified atom stereocenters. The summed E-state index contributed by atoms with van der Waals surface area (Å²) in [6.07, 6.45) is 0. The number of carbonyl (C=O) groups is 1. The van der Waals surface area contributed by atoms with E-state index in [-0.39, 0.29) is 11.7 Å². The van der Waals surface area contributed by atoms with E-state index in [1.807, 2.05) is 69.3 Å². The molecule has 4 rings (SSSR count). The molecule has 2 aromatic carbocycles. The molecule has 1 aliphatic rings. The first-order valence-corrected chi connectivity index (χ1v) is 13.9. The molecule has 35 heavy (non-hydrogen) atoms. The summed E-state index contributed by atoms with van der Waals surface area (Å²) < 4.78 is 27.2. The van der Waals surface area contributed by atoms with Crippen LogP contribution in [-0.2, 0) is 10.0 Å². The molecule has 9 heteroatoms. The number of carbonyl (C=O) groups excluding carboxylic acids is 1. The van der Waals surface area contributed by atoms with Gasteiger partial charge in [0.25, 0.3) is 5.91 Å². The maximum Gasteiger partial charge on any atom is 0.272 e. The zero-order chi connectivity index (χ0) is 25.0. The molecular weight excluding hydrogens is 462 g/mol. The predicted molar refractivity (Wildman–Crippen MR) is 143 cm³/mol. The minimum atomic E-state index is -3.27. The lowest BCUT2D eigenvalue weighted by atomic mass is 10.2. The van der Waals surface area contributed by atoms with E-state index < -0.39 is 10.0 Å². The number of anilines is 2. The lowest BCUT2D eigenvalue weighted by Crippen LogP contribution is -2.50. The number of piperazine rings is 1. The Balaban J connectivity index is 1.37. The number of aromatic amines is 1. The van der Waals surface area contributed by atoms with Gasteiger partial charge in [-0.15, -0.1) is 0 Å². The van der Waals surface area contributed by atoms with Gasteiger partial charge in [0.15, 0.2) is 0 Å². The van der Waals surface area contributed by atoms with Crippen molar-refractivity contribution in [3.05, 3.63) is 59.8 Å². The second-order valence-corrected chi connectivity index (χ2v) is 11.0. The highest BCUT2D eigenvalue weighted by Gasteiger charge is 2.27. The lowest BCUT2D eigenvalue weighted by molar-refractivity contribution is 0.102. The van der Waals surface area contributed by atoms with Gasteiger partial charge in [-0.1, -0.05) is 38.1 Å². The van der Waals surface area contributed by atoms with Crippen molar-refractivity contribution >= 4 is 38.2 Å². The zero-order valence-electron chi connectivity index (χ0n) is 20.8. The van der Waals surface area contributed by atoms with Crippen molar-refractivity contribution in [1.29, 1.82) is 0 Å². The van der Waals surface area contributed by atoms with Crippen molar-refractivity contribution in [3.8, 4) is 0 Å². The fourth-order valence-electron chi connectivity index (χ4n) is 4.55. The molecule has 8 nitrogen and oxygen atoms in total. The van der Waals surface area contributed by atoms with Gasteiger partial charge in [-0.25, -0.2) is 8.42 Å². The van der Waals surface area contributed by atoms with Gasteiger partial charge < -0.3 is 20.1 Å². The van der Waals surface area contributed by atoms with Crippen molar-refractivity contribution in [2.75, 3.05) is 61.8 Å². The van der Waals surface area contributed by atoms with E-state index in [9.17, 15) is 13.2 Å². The molecule has 1 aromatic heterocycles. The van der Waals surface area contributed by atoms with Crippen molar-refractivity contribution in [2.45, 2.75) is 20.8 Å². The van der Waals surface area contributed by atoms with Crippen LogP contribution in [0.2, 0.25) is 0 Å². The van der Waals surface area contributed by atoms with E-state index in [2.05, 4.69) is 20.1 Å². The van der Waals surface area contributed by atoms with Crippen LogP contribution in [-0.4, -0.2) is 80.1 Å². The summed E-state index contributed by atoms with van der Waals surface area (Å²) in [4.78, 5) is 20.4. The number of sulfonamides is 1. The smallest absolute Gasteiger partial charge is 0.272 e. The summed E-state index contributed by atoms with van der Waals surface area (Å²) in [5.74, 6) is -0.0365. The Kier molecular flexibility index (Phi) is 7.78. The van der Waals surface area contributed by atoms with Gasteiger partial charge in [0, 0.05) is 55.0 Å². The van der Waals surface area contributed by atoms with Crippen LogP contribution in [0, 0.1) is 6.92 Å². The Bertz CT molecular complexity index is 1280. The van der Waals surface area contributed by atoms with Crippen molar-refractivity contribution in [2.24, 2.45) is 0 Å². The minimum absolute atomic E-state index is 0.156. The Morgan fingerprint density at radius 2 is 1.74 bits per heavy atom. The number of hydrogen-bond acceptors (Lipinski definition) is 5. The summed E-state index contributed by atoms with van der Waals surface area (Å²) in [5.41, 5.74) is 4.25. The average Bonchev–Trinajstić information content (AvgIpc) is 3.31. The maximum absolute atomic E-state index is 12.9. The highest BCUT2D eigenvalue weighted by atomic mass is 32.2. The average molecular weight is 498 g/mol. The third kappa shape index (κ3) is 5.86. The Morgan fingerprint density at radius 1 is 1.03 bits per heavy atom. The zero-order valence-corrected chi connectivity index (χ0v) is 21.6. The second-order valence-electron chi connectivity index (χ2n) is 8.96. The SMILES string of the molecule is CCN(CC)CCS(=O)(=O)N1CCN(c2cccc(NC(=O)c3cc4cccc(C)c4[nH]3)c2)CC1. The second kappa shape index (κ2) is 10.8. The molecule has 0 atom stereocenters. The summed E-state index contributed by atoms with van der Waals surface area (Å²) in [5, 5.41) is 3.99. The van der Waals surface area contributed by atoms with Gasteiger partial charge in [-0.2, -0.15) is 4.31 Å². The molecule has 0 aliphatic carbocycles. The standard InChI is InChI=1S/C26H35N5O3S/c1-4-29(5-2)16-17-35(33,34)31-14-12-30(13-15-31)23-11-7-10-22(19-23)27-26(32)24-18-21-9-6-8-20(3)25(21)28-24/h6-11,18-19,28H,4-5,12-17H2,1-3H3,(H,27,32). The monoisotopic (exact) mass is 497 g/mol. The van der Waals surface area contributed by atoms with Gasteiger partial charge >= 0.3 is 0 Å². The number of aryl methyl sites for hydroxylation is 1. The molecule has 0 radical (unpaired) electrons. The van der Waals surface area contributed by atoms with Crippen molar-refractivity contribution in [3.63, 3.8) is 0 Å². The summed E-state index contributed by atoms with van der Waals surface area (Å²) in [6, 6.07) is 15.5. The van der Waals surface area contributed by atoms with E-state index in [4.69, 9.17) is 0 Å². The molecule has 2 N–H and O–H groups in total. The largest absolute Gasteiger partial charge is 0.369 e. The molecule has 1 saturated heterocycles. The van der Waals surface area contributed by atoms with Crippen LogP contribution in [0.25, 0.3) is 10.9 Å². The molecular formula is C26H35N5O3S. The number of rotatable bonds is 9. The molecule has 2 heterocycles. The Labute approximate surface area is 208 Å². The topological polar surface area (TPSA) is 88.8 Å². The summed E-state index contributed by atoms with van der Waals surface area (Å²) in [7, 11) is -3.27. The number of hydrogen-bond donors (Lipinski definition) is 2. The first-order chi connectivity index (χ1) is 16.8. The van der Waals surface area contributed by atoms with E-state index >= 15 is 0 Å². The van der Waals surface area contributed by atoms with Crippen LogP contribution >= 0.6 is 0 Å². The molecule has 1 aliphatic heterocycles. The first kappa shape index (κ1) is 25.2. The molecule has 0 saturated carbocycles. The quantitative estimate of drug-likeness (QED) is 0.472. The molecule has 1 fully saturated rings. The normalized spacial score (nSPS) is 15.1. The number of aromatic nitrogens is 1. The van der Waals surface area contributed by atoms with Gasteiger partial charge in [0.1, 0.15) is 5.69 Å². The van der Waals surface area contributed by atoms with Crippen LogP contribution in [0.1, 0.15) is 29.9 Å².